The third kappa shape index (κ3) is 6.95. The number of amides is 4. The van der Waals surface area contributed by atoms with E-state index in [-0.39, 0.29) is 30.0 Å². The van der Waals surface area contributed by atoms with Crippen LogP contribution in [0.15, 0.2) is 41.5 Å². The molecular formula is C31H41N5O6. The predicted molar refractivity (Wildman–Crippen MR) is 160 cm³/mol. The summed E-state index contributed by atoms with van der Waals surface area (Å²) in [6.07, 6.45) is 1.35. The van der Waals surface area contributed by atoms with Gasteiger partial charge in [-0.2, -0.15) is 5.10 Å². The van der Waals surface area contributed by atoms with Gasteiger partial charge < -0.3 is 29.7 Å². The van der Waals surface area contributed by atoms with Crippen molar-refractivity contribution in [1.29, 1.82) is 0 Å². The Labute approximate surface area is 247 Å². The van der Waals surface area contributed by atoms with E-state index in [2.05, 4.69) is 10.6 Å². The number of hydrogen-bond acceptors (Lipinski definition) is 7. The predicted octanol–water partition coefficient (Wildman–Crippen LogP) is 4.63. The van der Waals surface area contributed by atoms with Crippen LogP contribution in [0.2, 0.25) is 0 Å². The van der Waals surface area contributed by atoms with Crippen molar-refractivity contribution >= 4 is 29.4 Å². The first-order chi connectivity index (χ1) is 19.9. The maximum atomic E-state index is 13.0. The number of likely N-dealkylation sites (tertiary alicyclic amines) is 1. The lowest BCUT2D eigenvalue weighted by atomic mass is 9.93. The average Bonchev–Trinajstić information content (AvgIpc) is 3.11. The van der Waals surface area contributed by atoms with Crippen molar-refractivity contribution < 1.29 is 28.6 Å². The minimum atomic E-state index is -0.556. The van der Waals surface area contributed by atoms with Crippen LogP contribution in [0.1, 0.15) is 57.2 Å². The lowest BCUT2D eigenvalue weighted by Crippen LogP contribution is -2.43. The van der Waals surface area contributed by atoms with Crippen LogP contribution in [0, 0.1) is 5.92 Å². The lowest BCUT2D eigenvalue weighted by molar-refractivity contribution is -0.121. The van der Waals surface area contributed by atoms with Gasteiger partial charge in [0.1, 0.15) is 5.60 Å². The van der Waals surface area contributed by atoms with Crippen LogP contribution >= 0.6 is 0 Å². The normalized spacial score (nSPS) is 17.4. The molecule has 226 valence electrons. The second kappa shape index (κ2) is 12.7. The Morgan fingerprint density at radius 3 is 2.17 bits per heavy atom. The van der Waals surface area contributed by atoms with E-state index in [9.17, 15) is 14.4 Å². The van der Waals surface area contributed by atoms with Crippen LogP contribution in [0.3, 0.4) is 0 Å². The van der Waals surface area contributed by atoms with Gasteiger partial charge in [-0.15, -0.1) is 0 Å². The van der Waals surface area contributed by atoms with E-state index in [0.717, 1.165) is 16.7 Å². The van der Waals surface area contributed by atoms with Gasteiger partial charge in [0.05, 0.1) is 26.0 Å². The summed E-state index contributed by atoms with van der Waals surface area (Å²) in [7, 11) is 4.75. The van der Waals surface area contributed by atoms with Crippen molar-refractivity contribution in [2.24, 2.45) is 11.0 Å². The third-order valence-electron chi connectivity index (χ3n) is 7.37. The summed E-state index contributed by atoms with van der Waals surface area (Å²) in [5, 5.41) is 11.9. The standard InChI is InChI=1S/C31H41N5O6/c1-19-16-22-17-25(40-6)26(41-7)18-24(22)27(34-36(19)29(38)32-5)20-8-10-23(11-9-20)33-28(37)21-12-14-35(15-13-21)30(39)42-31(2,3)4/h8-11,17-19,21H,12-16H2,1-7H3,(H,32,38)(H,33,37)/t19-/m0/s1. The topological polar surface area (TPSA) is 122 Å². The number of methoxy groups -OCH3 is 2. The van der Waals surface area contributed by atoms with Crippen LogP contribution in [0.4, 0.5) is 15.3 Å². The van der Waals surface area contributed by atoms with Crippen LogP contribution < -0.4 is 20.1 Å². The molecule has 11 nitrogen and oxygen atoms in total. The van der Waals surface area contributed by atoms with Crippen molar-refractivity contribution in [3.63, 3.8) is 0 Å². The highest BCUT2D eigenvalue weighted by Gasteiger charge is 2.31. The molecule has 0 aliphatic carbocycles. The summed E-state index contributed by atoms with van der Waals surface area (Å²) >= 11 is 0. The van der Waals surface area contributed by atoms with Gasteiger partial charge in [-0.1, -0.05) is 12.1 Å². The number of nitrogens with zero attached hydrogens (tertiary/aromatic N) is 3. The summed E-state index contributed by atoms with van der Waals surface area (Å²) < 4.78 is 16.5. The zero-order valence-corrected chi connectivity index (χ0v) is 25.4. The molecule has 0 saturated carbocycles. The Bertz CT molecular complexity index is 1340. The quantitative estimate of drug-likeness (QED) is 0.533. The third-order valence-corrected chi connectivity index (χ3v) is 7.37. The Morgan fingerprint density at radius 2 is 1.60 bits per heavy atom. The SMILES string of the molecule is CNC(=O)N1N=C(c2ccc(NC(=O)C3CCN(C(=O)OC(C)(C)C)CC3)cc2)c2cc(OC)c(OC)cc2C[C@@H]1C. The molecule has 0 radical (unpaired) electrons. The number of carbonyl (C=O) groups excluding carboxylic acids is 3. The van der Waals surface area contributed by atoms with E-state index in [1.165, 1.54) is 5.01 Å². The van der Waals surface area contributed by atoms with Gasteiger partial charge >= 0.3 is 12.1 Å². The summed E-state index contributed by atoms with van der Waals surface area (Å²) in [5.74, 6) is 0.879. The highest BCUT2D eigenvalue weighted by atomic mass is 16.6. The molecule has 1 fully saturated rings. The molecule has 0 aromatic heterocycles. The number of carbonyl (C=O) groups is 3. The van der Waals surface area contributed by atoms with Gasteiger partial charge in [-0.05, 0) is 76.8 Å². The van der Waals surface area contributed by atoms with E-state index < -0.39 is 5.60 Å². The number of hydrazone groups is 1. The number of piperidine rings is 1. The number of benzene rings is 2. The molecule has 2 N–H and O–H groups in total. The Hall–Kier alpha value is -4.28. The molecule has 1 atom stereocenters. The van der Waals surface area contributed by atoms with Crippen LogP contribution in [-0.4, -0.2) is 79.7 Å². The van der Waals surface area contributed by atoms with Crippen molar-refractivity contribution in [3.8, 4) is 11.5 Å². The molecule has 1 saturated heterocycles. The highest BCUT2D eigenvalue weighted by Crippen LogP contribution is 2.35. The maximum absolute atomic E-state index is 13.0. The number of anilines is 1. The average molecular weight is 580 g/mol. The van der Waals surface area contributed by atoms with Crippen LogP contribution in [-0.2, 0) is 16.0 Å². The number of rotatable bonds is 5. The number of nitrogens with one attached hydrogen (secondary N) is 2. The second-order valence-electron chi connectivity index (χ2n) is 11.6. The van der Waals surface area contributed by atoms with Gasteiger partial charge in [0.25, 0.3) is 0 Å². The molecule has 2 aliphatic rings. The summed E-state index contributed by atoms with van der Waals surface area (Å²) in [4.78, 5) is 39.8. The molecular weight excluding hydrogens is 538 g/mol. The van der Waals surface area contributed by atoms with Crippen LogP contribution in [0.5, 0.6) is 11.5 Å². The molecule has 11 heteroatoms. The Morgan fingerprint density at radius 1 is 0.976 bits per heavy atom. The molecule has 2 aromatic rings. The van der Waals surface area contributed by atoms with E-state index in [4.69, 9.17) is 19.3 Å². The van der Waals surface area contributed by atoms with Crippen molar-refractivity contribution in [3.05, 3.63) is 53.1 Å². The van der Waals surface area contributed by atoms with E-state index >= 15 is 0 Å². The molecule has 0 unspecified atom stereocenters. The zero-order chi connectivity index (χ0) is 30.6. The molecule has 2 aromatic carbocycles. The van der Waals surface area contributed by atoms with Gasteiger partial charge in [0.2, 0.25) is 5.91 Å². The monoisotopic (exact) mass is 579 g/mol. The molecule has 0 bridgehead atoms. The van der Waals surface area contributed by atoms with E-state index in [1.807, 2.05) is 64.1 Å². The lowest BCUT2D eigenvalue weighted by Gasteiger charge is -2.32. The fraction of sp³-hybridized carbons (Fsp3) is 0.484. The fourth-order valence-electron chi connectivity index (χ4n) is 5.16. The van der Waals surface area contributed by atoms with Gasteiger partial charge in [0, 0.05) is 42.9 Å². The molecule has 4 rings (SSSR count). The van der Waals surface area contributed by atoms with Crippen molar-refractivity contribution in [2.75, 3.05) is 39.7 Å². The first kappa shape index (κ1) is 30.7. The van der Waals surface area contributed by atoms with Gasteiger partial charge in [0.15, 0.2) is 11.5 Å². The van der Waals surface area contributed by atoms with E-state index in [1.54, 1.807) is 26.2 Å². The first-order valence-corrected chi connectivity index (χ1v) is 14.2. The van der Waals surface area contributed by atoms with E-state index in [0.29, 0.717) is 55.3 Å². The number of ether oxygens (including phenoxy) is 3. The molecule has 42 heavy (non-hydrogen) atoms. The molecule has 4 amide bonds. The summed E-state index contributed by atoms with van der Waals surface area (Å²) in [5.41, 5.74) is 3.28. The molecule has 2 heterocycles. The summed E-state index contributed by atoms with van der Waals surface area (Å²) in [6, 6.07) is 10.7. The van der Waals surface area contributed by atoms with Gasteiger partial charge in [-0.3, -0.25) is 4.79 Å². The minimum absolute atomic E-state index is 0.0832. The number of fused-ring (bicyclic) bond motifs is 1. The summed E-state index contributed by atoms with van der Waals surface area (Å²) in [6.45, 7) is 8.40. The smallest absolute Gasteiger partial charge is 0.410 e. The van der Waals surface area contributed by atoms with Crippen LogP contribution in [0.25, 0.3) is 0 Å². The Kier molecular flexibility index (Phi) is 9.28. The largest absolute Gasteiger partial charge is 0.493 e. The van der Waals surface area contributed by atoms with Crippen molar-refractivity contribution in [2.45, 2.75) is 58.6 Å². The molecule has 2 aliphatic heterocycles. The second-order valence-corrected chi connectivity index (χ2v) is 11.6. The van der Waals surface area contributed by atoms with Gasteiger partial charge in [-0.25, -0.2) is 14.6 Å². The fourth-order valence-corrected chi connectivity index (χ4v) is 5.16. The number of urea groups is 1. The number of hydrogen-bond donors (Lipinski definition) is 2. The zero-order valence-electron chi connectivity index (χ0n) is 25.4. The van der Waals surface area contributed by atoms with Crippen molar-refractivity contribution in [1.82, 2.24) is 15.2 Å². The minimum Gasteiger partial charge on any atom is -0.493 e. The maximum Gasteiger partial charge on any atom is 0.410 e. The highest BCUT2D eigenvalue weighted by molar-refractivity contribution is 6.14. The first-order valence-electron chi connectivity index (χ1n) is 14.2. The Balaban J connectivity index is 1.52. The molecule has 0 spiro atoms.